The first-order valence-electron chi connectivity index (χ1n) is 9.51. The Bertz CT molecular complexity index is 499. The van der Waals surface area contributed by atoms with E-state index in [2.05, 4.69) is 13.5 Å². The van der Waals surface area contributed by atoms with E-state index in [-0.39, 0.29) is 10.8 Å². The van der Waals surface area contributed by atoms with Crippen molar-refractivity contribution in [3.05, 3.63) is 12.2 Å². The number of fused-ring (bicyclic) bond motifs is 3. The van der Waals surface area contributed by atoms with E-state index < -0.39 is 12.2 Å². The van der Waals surface area contributed by atoms with Gasteiger partial charge in [0.1, 0.15) is 0 Å². The lowest BCUT2D eigenvalue weighted by Crippen LogP contribution is -2.69. The molecule has 0 aromatic carbocycles. The van der Waals surface area contributed by atoms with Gasteiger partial charge in [0, 0.05) is 17.9 Å². The largest absolute Gasteiger partial charge is 0.392 e. The van der Waals surface area contributed by atoms with Crippen LogP contribution < -0.4 is 0 Å². The summed E-state index contributed by atoms with van der Waals surface area (Å²) in [6.07, 6.45) is 6.77. The molecule has 5 aliphatic rings. The number of hydrogen-bond acceptors (Lipinski definition) is 3. The predicted octanol–water partition coefficient (Wildman–Crippen LogP) is 3.15. The third-order valence-corrected chi connectivity index (χ3v) is 8.41. The normalized spacial score (nSPS) is 55.4. The van der Waals surface area contributed by atoms with Crippen LogP contribution in [-0.4, -0.2) is 36.1 Å². The molecule has 23 heavy (non-hydrogen) atoms. The Hall–Kier alpha value is -0.380. The van der Waals surface area contributed by atoms with Crippen molar-refractivity contribution < 1.29 is 14.9 Å². The van der Waals surface area contributed by atoms with E-state index in [1.165, 1.54) is 19.3 Å². The van der Waals surface area contributed by atoms with E-state index in [0.29, 0.717) is 23.7 Å². The average molecular weight is 320 g/mol. The molecule has 2 N–H and O–H groups in total. The van der Waals surface area contributed by atoms with E-state index in [1.54, 1.807) is 0 Å². The SMILES string of the molecule is C=C1C2CCC3(C(O)CC4C(C)CCCC4(COC)C3C2)C1O. The second-order valence-electron chi connectivity index (χ2n) is 9.01. The maximum absolute atomic E-state index is 11.2. The first-order valence-corrected chi connectivity index (χ1v) is 9.51. The Labute approximate surface area is 140 Å². The van der Waals surface area contributed by atoms with Crippen LogP contribution in [0.4, 0.5) is 0 Å². The minimum Gasteiger partial charge on any atom is -0.392 e. The van der Waals surface area contributed by atoms with Gasteiger partial charge >= 0.3 is 0 Å². The van der Waals surface area contributed by atoms with Gasteiger partial charge in [-0.3, -0.25) is 0 Å². The fourth-order valence-corrected chi connectivity index (χ4v) is 7.42. The van der Waals surface area contributed by atoms with Crippen molar-refractivity contribution in [2.45, 2.75) is 64.1 Å². The van der Waals surface area contributed by atoms with Gasteiger partial charge in [0.05, 0.1) is 18.8 Å². The third kappa shape index (κ3) is 1.88. The third-order valence-electron chi connectivity index (χ3n) is 8.41. The van der Waals surface area contributed by atoms with Crippen LogP contribution in [0.1, 0.15) is 51.9 Å². The number of methoxy groups -OCH3 is 1. The Balaban J connectivity index is 1.83. The van der Waals surface area contributed by atoms with Gasteiger partial charge < -0.3 is 14.9 Å². The first-order chi connectivity index (χ1) is 11.0. The molecule has 0 amide bonds. The highest BCUT2D eigenvalue weighted by Gasteiger charge is 2.69. The van der Waals surface area contributed by atoms with Crippen LogP contribution in [0.5, 0.6) is 0 Å². The number of rotatable bonds is 2. The second kappa shape index (κ2) is 5.31. The van der Waals surface area contributed by atoms with Gasteiger partial charge in [0.2, 0.25) is 0 Å². The summed E-state index contributed by atoms with van der Waals surface area (Å²) >= 11 is 0. The smallest absolute Gasteiger partial charge is 0.0834 e. The molecular formula is C20H32O3. The maximum atomic E-state index is 11.2. The lowest BCUT2D eigenvalue weighted by Gasteiger charge is -2.69. The van der Waals surface area contributed by atoms with Crippen molar-refractivity contribution in [3.63, 3.8) is 0 Å². The molecule has 130 valence electrons. The summed E-state index contributed by atoms with van der Waals surface area (Å²) in [5.41, 5.74) is 0.769. The second-order valence-corrected chi connectivity index (χ2v) is 9.01. The molecule has 1 spiro atoms. The van der Waals surface area contributed by atoms with Gasteiger partial charge in [-0.05, 0) is 61.3 Å². The molecule has 0 saturated heterocycles. The van der Waals surface area contributed by atoms with E-state index in [1.807, 2.05) is 7.11 Å². The molecular weight excluding hydrogens is 288 g/mol. The summed E-state index contributed by atoms with van der Waals surface area (Å²) < 4.78 is 5.75. The van der Waals surface area contributed by atoms with Crippen LogP contribution in [0.3, 0.4) is 0 Å². The summed E-state index contributed by atoms with van der Waals surface area (Å²) in [5, 5.41) is 22.2. The van der Waals surface area contributed by atoms with Crippen molar-refractivity contribution in [3.8, 4) is 0 Å². The monoisotopic (exact) mass is 320 g/mol. The van der Waals surface area contributed by atoms with E-state index in [0.717, 1.165) is 37.9 Å². The van der Waals surface area contributed by atoms with Gasteiger partial charge in [-0.2, -0.15) is 0 Å². The molecule has 0 heterocycles. The molecule has 0 aromatic heterocycles. The van der Waals surface area contributed by atoms with Crippen molar-refractivity contribution in [2.24, 2.45) is 34.5 Å². The number of aliphatic hydroxyl groups excluding tert-OH is 2. The molecule has 2 bridgehead atoms. The van der Waals surface area contributed by atoms with Crippen LogP contribution in [0, 0.1) is 34.5 Å². The van der Waals surface area contributed by atoms with Gasteiger partial charge in [0.25, 0.3) is 0 Å². The minimum atomic E-state index is -0.526. The Morgan fingerprint density at radius 2 is 2.00 bits per heavy atom. The van der Waals surface area contributed by atoms with E-state index in [4.69, 9.17) is 4.74 Å². The fourth-order valence-electron chi connectivity index (χ4n) is 7.42. The minimum absolute atomic E-state index is 0.145. The van der Waals surface area contributed by atoms with Crippen LogP contribution in [0.2, 0.25) is 0 Å². The van der Waals surface area contributed by atoms with Crippen molar-refractivity contribution in [1.29, 1.82) is 0 Å². The average Bonchev–Trinajstić information content (AvgIpc) is 2.54. The van der Waals surface area contributed by atoms with Crippen molar-refractivity contribution in [2.75, 3.05) is 13.7 Å². The van der Waals surface area contributed by atoms with Crippen LogP contribution in [0.25, 0.3) is 0 Å². The molecule has 0 aromatic rings. The number of ether oxygens (including phenoxy) is 1. The van der Waals surface area contributed by atoms with E-state index in [9.17, 15) is 10.2 Å². The predicted molar refractivity (Wildman–Crippen MR) is 89.8 cm³/mol. The van der Waals surface area contributed by atoms with Crippen molar-refractivity contribution >= 4 is 0 Å². The summed E-state index contributed by atoms with van der Waals surface area (Å²) in [5.74, 6) is 1.99. The molecule has 5 saturated carbocycles. The molecule has 8 atom stereocenters. The Kier molecular flexibility index (Phi) is 3.72. The Morgan fingerprint density at radius 1 is 1.22 bits per heavy atom. The molecule has 8 unspecified atom stereocenters. The summed E-state index contributed by atoms with van der Waals surface area (Å²) in [6.45, 7) is 7.33. The zero-order chi connectivity index (χ0) is 16.4. The molecule has 0 aliphatic heterocycles. The molecule has 3 nitrogen and oxygen atoms in total. The van der Waals surface area contributed by atoms with Gasteiger partial charge in [-0.25, -0.2) is 0 Å². The van der Waals surface area contributed by atoms with E-state index >= 15 is 0 Å². The highest BCUT2D eigenvalue weighted by Crippen LogP contribution is 2.70. The molecule has 5 rings (SSSR count). The molecule has 0 radical (unpaired) electrons. The van der Waals surface area contributed by atoms with Crippen LogP contribution in [0.15, 0.2) is 12.2 Å². The molecule has 5 aliphatic carbocycles. The van der Waals surface area contributed by atoms with Gasteiger partial charge in [-0.15, -0.1) is 0 Å². The number of aliphatic hydroxyl groups is 2. The Morgan fingerprint density at radius 3 is 2.74 bits per heavy atom. The van der Waals surface area contributed by atoms with Crippen molar-refractivity contribution in [1.82, 2.24) is 0 Å². The van der Waals surface area contributed by atoms with Gasteiger partial charge in [0.15, 0.2) is 0 Å². The molecule has 3 heteroatoms. The highest BCUT2D eigenvalue weighted by molar-refractivity contribution is 5.28. The maximum Gasteiger partial charge on any atom is 0.0834 e. The summed E-state index contributed by atoms with van der Waals surface area (Å²) in [7, 11) is 1.82. The quantitative estimate of drug-likeness (QED) is 0.769. The lowest BCUT2D eigenvalue weighted by molar-refractivity contribution is -0.254. The van der Waals surface area contributed by atoms with Gasteiger partial charge in [-0.1, -0.05) is 26.3 Å². The molecule has 5 fully saturated rings. The standard InChI is InChI=1S/C20H32O3/c1-12-5-4-7-19(11-23-3)15(12)10-17(21)20-8-6-14(9-16(19)20)13(2)18(20)22/h12,14-18,21-22H,2,4-11H2,1,3H3. The first kappa shape index (κ1) is 16.1. The van der Waals surface area contributed by atoms with Crippen LogP contribution >= 0.6 is 0 Å². The zero-order valence-electron chi connectivity index (χ0n) is 14.6. The lowest BCUT2D eigenvalue weighted by atomic mass is 9.37. The fraction of sp³-hybridized carbons (Fsp3) is 0.900. The topological polar surface area (TPSA) is 49.7 Å². The number of hydrogen-bond donors (Lipinski definition) is 2. The van der Waals surface area contributed by atoms with Crippen LogP contribution in [-0.2, 0) is 4.74 Å². The summed E-state index contributed by atoms with van der Waals surface area (Å²) in [6, 6.07) is 0. The highest BCUT2D eigenvalue weighted by atomic mass is 16.5. The summed E-state index contributed by atoms with van der Waals surface area (Å²) in [4.78, 5) is 0. The zero-order valence-corrected chi connectivity index (χ0v) is 14.6.